The van der Waals surface area contributed by atoms with Gasteiger partial charge in [0.05, 0.1) is 0 Å². The molecule has 0 bridgehead atoms. The van der Waals surface area contributed by atoms with Crippen molar-refractivity contribution in [3.63, 3.8) is 0 Å². The number of carbonyl (C=O) groups is 2. The highest BCUT2D eigenvalue weighted by Gasteiger charge is 2.18. The van der Waals surface area contributed by atoms with E-state index >= 15 is 0 Å². The van der Waals surface area contributed by atoms with Crippen LogP contribution < -0.4 is 0 Å². The molecule has 1 aliphatic heterocycles. The molecule has 96 valence electrons. The first-order valence-corrected chi connectivity index (χ1v) is 6.27. The molecular formula is C13H20O4. The van der Waals surface area contributed by atoms with Crippen molar-refractivity contribution in [1.29, 1.82) is 0 Å². The quantitative estimate of drug-likeness (QED) is 0.592. The van der Waals surface area contributed by atoms with E-state index in [9.17, 15) is 9.59 Å². The van der Waals surface area contributed by atoms with Crippen molar-refractivity contribution in [2.24, 2.45) is 0 Å². The van der Waals surface area contributed by atoms with Crippen LogP contribution in [-0.4, -0.2) is 23.1 Å². The Balaban J connectivity index is 2.66. The second-order valence-electron chi connectivity index (χ2n) is 4.37. The van der Waals surface area contributed by atoms with E-state index in [4.69, 9.17) is 9.84 Å². The lowest BCUT2D eigenvalue weighted by atomic mass is 10.0. The lowest BCUT2D eigenvalue weighted by Gasteiger charge is -2.12. The van der Waals surface area contributed by atoms with Crippen molar-refractivity contribution in [3.8, 4) is 0 Å². The summed E-state index contributed by atoms with van der Waals surface area (Å²) in [5, 5.41) is 9.06. The van der Waals surface area contributed by atoms with E-state index in [0.717, 1.165) is 32.1 Å². The van der Waals surface area contributed by atoms with E-state index in [2.05, 4.69) is 0 Å². The first-order chi connectivity index (χ1) is 8.13. The fourth-order valence-corrected chi connectivity index (χ4v) is 1.87. The van der Waals surface area contributed by atoms with Crippen LogP contribution in [0.2, 0.25) is 0 Å². The summed E-state index contributed by atoms with van der Waals surface area (Å²) in [6, 6.07) is 0. The van der Waals surface area contributed by atoms with Gasteiger partial charge < -0.3 is 9.84 Å². The standard InChI is InChI=1S/C13H20O4/c1-2-3-6-10(13(15)16)9-11-7-4-5-8-12(14)17-11/h9,11H,2-8H2,1H3,(H,15,16). The number of carbonyl (C=O) groups excluding carboxylic acids is 1. The predicted molar refractivity (Wildman–Crippen MR) is 63.6 cm³/mol. The van der Waals surface area contributed by atoms with Crippen molar-refractivity contribution >= 4 is 11.9 Å². The fourth-order valence-electron chi connectivity index (χ4n) is 1.87. The van der Waals surface area contributed by atoms with Crippen LogP contribution in [-0.2, 0) is 14.3 Å². The second kappa shape index (κ2) is 7.09. The molecule has 1 aliphatic rings. The van der Waals surface area contributed by atoms with Crippen LogP contribution in [0.4, 0.5) is 0 Å². The van der Waals surface area contributed by atoms with E-state index in [0.29, 0.717) is 18.4 Å². The van der Waals surface area contributed by atoms with Gasteiger partial charge in [0.1, 0.15) is 6.10 Å². The number of carboxylic acid groups (broad SMARTS) is 1. The number of carboxylic acids is 1. The van der Waals surface area contributed by atoms with Gasteiger partial charge in [0.15, 0.2) is 0 Å². The zero-order chi connectivity index (χ0) is 12.7. The third-order valence-electron chi connectivity index (χ3n) is 2.86. The highest BCUT2D eigenvalue weighted by molar-refractivity contribution is 5.86. The Morgan fingerprint density at radius 2 is 2.29 bits per heavy atom. The number of rotatable bonds is 5. The third kappa shape index (κ3) is 5.02. The lowest BCUT2D eigenvalue weighted by Crippen LogP contribution is -2.15. The predicted octanol–water partition coefficient (Wildman–Crippen LogP) is 2.67. The summed E-state index contributed by atoms with van der Waals surface area (Å²) in [6.45, 7) is 2.02. The summed E-state index contributed by atoms with van der Waals surface area (Å²) in [5.41, 5.74) is 0.367. The van der Waals surface area contributed by atoms with Gasteiger partial charge in [-0.15, -0.1) is 0 Å². The van der Waals surface area contributed by atoms with Crippen LogP contribution in [0, 0.1) is 0 Å². The van der Waals surface area contributed by atoms with Crippen LogP contribution in [0.5, 0.6) is 0 Å². The minimum atomic E-state index is -0.904. The molecule has 1 heterocycles. The molecule has 4 heteroatoms. The van der Waals surface area contributed by atoms with Gasteiger partial charge in [-0.25, -0.2) is 4.79 Å². The average Bonchev–Trinajstić information content (AvgIpc) is 2.48. The largest absolute Gasteiger partial charge is 0.478 e. The van der Waals surface area contributed by atoms with Crippen molar-refractivity contribution in [2.45, 2.75) is 58.0 Å². The Morgan fingerprint density at radius 1 is 1.53 bits per heavy atom. The first kappa shape index (κ1) is 13.7. The number of ether oxygens (including phenoxy) is 1. The topological polar surface area (TPSA) is 63.6 Å². The third-order valence-corrected chi connectivity index (χ3v) is 2.86. The maximum Gasteiger partial charge on any atom is 0.331 e. The molecule has 0 spiro atoms. The second-order valence-corrected chi connectivity index (χ2v) is 4.37. The lowest BCUT2D eigenvalue weighted by molar-refractivity contribution is -0.146. The molecule has 0 aromatic carbocycles. The molecule has 0 aromatic rings. The highest BCUT2D eigenvalue weighted by atomic mass is 16.5. The van der Waals surface area contributed by atoms with Crippen molar-refractivity contribution < 1.29 is 19.4 Å². The molecular weight excluding hydrogens is 220 g/mol. The molecule has 1 unspecified atom stereocenters. The van der Waals surface area contributed by atoms with Gasteiger partial charge in [-0.2, -0.15) is 0 Å². The molecule has 0 saturated carbocycles. The molecule has 1 atom stereocenters. The summed E-state index contributed by atoms with van der Waals surface area (Å²) >= 11 is 0. The van der Waals surface area contributed by atoms with Gasteiger partial charge in [-0.05, 0) is 38.2 Å². The number of hydrogen-bond donors (Lipinski definition) is 1. The van der Waals surface area contributed by atoms with E-state index < -0.39 is 5.97 Å². The number of unbranched alkanes of at least 4 members (excludes halogenated alkanes) is 1. The molecule has 1 rings (SSSR count). The summed E-state index contributed by atoms with van der Waals surface area (Å²) in [5.74, 6) is -1.12. The van der Waals surface area contributed by atoms with Crippen molar-refractivity contribution in [3.05, 3.63) is 11.6 Å². The fraction of sp³-hybridized carbons (Fsp3) is 0.692. The summed E-state index contributed by atoms with van der Waals surface area (Å²) in [7, 11) is 0. The molecule has 0 aromatic heterocycles. The Morgan fingerprint density at radius 3 is 2.94 bits per heavy atom. The monoisotopic (exact) mass is 240 g/mol. The van der Waals surface area contributed by atoms with Crippen LogP contribution in [0.25, 0.3) is 0 Å². The van der Waals surface area contributed by atoms with Crippen molar-refractivity contribution in [2.75, 3.05) is 0 Å². The zero-order valence-electron chi connectivity index (χ0n) is 10.3. The van der Waals surface area contributed by atoms with E-state index in [1.807, 2.05) is 6.92 Å². The van der Waals surface area contributed by atoms with Crippen molar-refractivity contribution in [1.82, 2.24) is 0 Å². The molecule has 1 fully saturated rings. The summed E-state index contributed by atoms with van der Waals surface area (Å²) in [4.78, 5) is 22.3. The van der Waals surface area contributed by atoms with Gasteiger partial charge in [-0.1, -0.05) is 13.3 Å². The normalized spacial score (nSPS) is 21.8. The molecule has 0 aliphatic carbocycles. The zero-order valence-corrected chi connectivity index (χ0v) is 10.3. The molecule has 0 amide bonds. The highest BCUT2D eigenvalue weighted by Crippen LogP contribution is 2.18. The number of aliphatic carboxylic acids is 1. The van der Waals surface area contributed by atoms with Gasteiger partial charge in [-0.3, -0.25) is 4.79 Å². The molecule has 1 saturated heterocycles. The van der Waals surface area contributed by atoms with Crippen LogP contribution >= 0.6 is 0 Å². The van der Waals surface area contributed by atoms with Gasteiger partial charge in [0, 0.05) is 12.0 Å². The molecule has 1 N–H and O–H groups in total. The van der Waals surface area contributed by atoms with Gasteiger partial charge >= 0.3 is 11.9 Å². The Labute approximate surface area is 102 Å². The molecule has 0 radical (unpaired) electrons. The molecule has 4 nitrogen and oxygen atoms in total. The Bertz CT molecular complexity index is 307. The van der Waals surface area contributed by atoms with Crippen LogP contribution in [0.3, 0.4) is 0 Å². The maximum absolute atomic E-state index is 11.3. The number of cyclic esters (lactones) is 1. The van der Waals surface area contributed by atoms with Crippen LogP contribution in [0.15, 0.2) is 11.6 Å². The summed E-state index contributed by atoms with van der Waals surface area (Å²) in [6.07, 6.45) is 6.52. The number of esters is 1. The van der Waals surface area contributed by atoms with E-state index in [1.54, 1.807) is 6.08 Å². The first-order valence-electron chi connectivity index (χ1n) is 6.27. The van der Waals surface area contributed by atoms with E-state index in [1.165, 1.54) is 0 Å². The minimum absolute atomic E-state index is 0.219. The minimum Gasteiger partial charge on any atom is -0.478 e. The average molecular weight is 240 g/mol. The van der Waals surface area contributed by atoms with E-state index in [-0.39, 0.29) is 12.1 Å². The van der Waals surface area contributed by atoms with Gasteiger partial charge in [0.2, 0.25) is 0 Å². The Hall–Kier alpha value is -1.32. The smallest absolute Gasteiger partial charge is 0.331 e. The molecule has 17 heavy (non-hydrogen) atoms. The maximum atomic E-state index is 11.3. The SMILES string of the molecule is CCCCC(=CC1CCCCC(=O)O1)C(=O)O. The Kier molecular flexibility index (Phi) is 5.73. The number of hydrogen-bond acceptors (Lipinski definition) is 3. The van der Waals surface area contributed by atoms with Crippen LogP contribution in [0.1, 0.15) is 51.9 Å². The van der Waals surface area contributed by atoms with Gasteiger partial charge in [0.25, 0.3) is 0 Å². The summed E-state index contributed by atoms with van der Waals surface area (Å²) < 4.78 is 5.19.